The molecule has 1 saturated heterocycles. The van der Waals surface area contributed by atoms with Crippen molar-refractivity contribution in [2.75, 3.05) is 32.5 Å². The highest BCUT2D eigenvalue weighted by Gasteiger charge is 2.14. The first-order valence-corrected chi connectivity index (χ1v) is 9.63. The van der Waals surface area contributed by atoms with Gasteiger partial charge in [0.05, 0.1) is 13.7 Å². The van der Waals surface area contributed by atoms with Gasteiger partial charge in [0.25, 0.3) is 0 Å². The number of benzene rings is 1. The molecule has 1 aromatic rings. The second-order valence-corrected chi connectivity index (χ2v) is 7.14. The van der Waals surface area contributed by atoms with Crippen LogP contribution in [0.5, 0.6) is 5.75 Å². The van der Waals surface area contributed by atoms with Crippen LogP contribution in [0, 0.1) is 0 Å². The largest absolute Gasteiger partial charge is 0.497 e. The highest BCUT2D eigenvalue weighted by Crippen LogP contribution is 2.25. The zero-order valence-corrected chi connectivity index (χ0v) is 15.1. The summed E-state index contributed by atoms with van der Waals surface area (Å²) in [4.78, 5) is 4.72. The SMILES string of the molecule is CCNC(=NCC1CCCS1)NCCCc1cccc(OC)c1. The molecular weight excluding hydrogens is 306 g/mol. The van der Waals surface area contributed by atoms with Crippen LogP contribution in [-0.2, 0) is 6.42 Å². The molecule has 23 heavy (non-hydrogen) atoms. The third-order valence-electron chi connectivity index (χ3n) is 3.89. The normalized spacial score (nSPS) is 18.0. The van der Waals surface area contributed by atoms with E-state index < -0.39 is 0 Å². The summed E-state index contributed by atoms with van der Waals surface area (Å²) in [5, 5.41) is 7.49. The molecule has 4 nitrogen and oxygen atoms in total. The van der Waals surface area contributed by atoms with Crippen LogP contribution in [0.2, 0.25) is 0 Å². The maximum Gasteiger partial charge on any atom is 0.191 e. The minimum absolute atomic E-state index is 0.710. The first-order chi connectivity index (χ1) is 11.3. The summed E-state index contributed by atoms with van der Waals surface area (Å²) < 4.78 is 5.27. The van der Waals surface area contributed by atoms with Crippen molar-refractivity contribution in [3.63, 3.8) is 0 Å². The van der Waals surface area contributed by atoms with Gasteiger partial charge >= 0.3 is 0 Å². The Morgan fingerprint density at radius 2 is 2.30 bits per heavy atom. The summed E-state index contributed by atoms with van der Waals surface area (Å²) in [5.41, 5.74) is 1.32. The van der Waals surface area contributed by atoms with E-state index in [1.165, 1.54) is 24.2 Å². The van der Waals surface area contributed by atoms with E-state index in [0.29, 0.717) is 5.25 Å². The lowest BCUT2D eigenvalue weighted by Gasteiger charge is -2.12. The number of thioether (sulfide) groups is 1. The highest BCUT2D eigenvalue weighted by molar-refractivity contribution is 8.00. The molecule has 5 heteroatoms. The number of hydrogen-bond donors (Lipinski definition) is 2. The second kappa shape index (κ2) is 10.4. The Balaban J connectivity index is 1.71. The van der Waals surface area contributed by atoms with Gasteiger partial charge in [0.1, 0.15) is 5.75 Å². The van der Waals surface area contributed by atoms with E-state index >= 15 is 0 Å². The summed E-state index contributed by atoms with van der Waals surface area (Å²) in [6.45, 7) is 4.87. The summed E-state index contributed by atoms with van der Waals surface area (Å²) in [6.07, 6.45) is 4.77. The lowest BCUT2D eigenvalue weighted by Crippen LogP contribution is -2.38. The third-order valence-corrected chi connectivity index (χ3v) is 5.27. The molecule has 2 N–H and O–H groups in total. The van der Waals surface area contributed by atoms with Gasteiger partial charge in [-0.25, -0.2) is 0 Å². The molecule has 1 fully saturated rings. The number of nitrogens with one attached hydrogen (secondary N) is 2. The standard InChI is InChI=1S/C18H29N3OS/c1-3-19-18(21-14-17-10-6-12-23-17)20-11-5-8-15-7-4-9-16(13-15)22-2/h4,7,9,13,17H,3,5-6,8,10-12,14H2,1-2H3,(H2,19,20,21). The Morgan fingerprint density at radius 1 is 1.39 bits per heavy atom. The maximum absolute atomic E-state index is 5.27. The van der Waals surface area contributed by atoms with E-state index in [0.717, 1.165) is 44.2 Å². The van der Waals surface area contributed by atoms with Crippen LogP contribution in [0.3, 0.4) is 0 Å². The molecule has 0 spiro atoms. The second-order valence-electron chi connectivity index (χ2n) is 5.74. The first kappa shape index (κ1) is 18.0. The van der Waals surface area contributed by atoms with Gasteiger partial charge in [-0.1, -0.05) is 12.1 Å². The molecular formula is C18H29N3OS. The van der Waals surface area contributed by atoms with Crippen LogP contribution in [0.15, 0.2) is 29.3 Å². The van der Waals surface area contributed by atoms with Crippen molar-refractivity contribution in [2.24, 2.45) is 4.99 Å². The molecule has 1 unspecified atom stereocenters. The number of nitrogens with zero attached hydrogens (tertiary/aromatic N) is 1. The number of aliphatic imine (C=N–C) groups is 1. The van der Waals surface area contributed by atoms with Crippen LogP contribution in [-0.4, -0.2) is 43.7 Å². The van der Waals surface area contributed by atoms with Gasteiger partial charge in [-0.05, 0) is 56.1 Å². The first-order valence-electron chi connectivity index (χ1n) is 8.58. The number of rotatable bonds is 8. The van der Waals surface area contributed by atoms with Crippen molar-refractivity contribution in [3.8, 4) is 5.75 Å². The van der Waals surface area contributed by atoms with Crippen molar-refractivity contribution in [1.82, 2.24) is 10.6 Å². The van der Waals surface area contributed by atoms with Crippen molar-refractivity contribution < 1.29 is 4.74 Å². The molecule has 1 atom stereocenters. The fourth-order valence-electron chi connectivity index (χ4n) is 2.65. The molecule has 0 amide bonds. The molecule has 0 aromatic heterocycles. The van der Waals surface area contributed by atoms with E-state index in [9.17, 15) is 0 Å². The summed E-state index contributed by atoms with van der Waals surface area (Å²) in [5.74, 6) is 3.18. The smallest absolute Gasteiger partial charge is 0.191 e. The van der Waals surface area contributed by atoms with Crippen LogP contribution in [0.25, 0.3) is 0 Å². The summed E-state index contributed by atoms with van der Waals surface area (Å²) in [7, 11) is 1.71. The van der Waals surface area contributed by atoms with Gasteiger partial charge in [0, 0.05) is 18.3 Å². The molecule has 128 valence electrons. The van der Waals surface area contributed by atoms with E-state index in [2.05, 4.69) is 41.5 Å². The molecule has 0 saturated carbocycles. The Labute approximate surface area is 144 Å². The highest BCUT2D eigenvalue weighted by atomic mass is 32.2. The van der Waals surface area contributed by atoms with Gasteiger partial charge in [-0.15, -0.1) is 0 Å². The fraction of sp³-hybridized carbons (Fsp3) is 0.611. The van der Waals surface area contributed by atoms with Gasteiger partial charge in [0.15, 0.2) is 5.96 Å². The lowest BCUT2D eigenvalue weighted by atomic mass is 10.1. The monoisotopic (exact) mass is 335 g/mol. The molecule has 0 radical (unpaired) electrons. The van der Waals surface area contributed by atoms with Crippen LogP contribution < -0.4 is 15.4 Å². The van der Waals surface area contributed by atoms with Crippen molar-refractivity contribution in [3.05, 3.63) is 29.8 Å². The molecule has 2 rings (SSSR count). The Morgan fingerprint density at radius 3 is 3.04 bits per heavy atom. The molecule has 1 aliphatic rings. The summed E-state index contributed by atoms with van der Waals surface area (Å²) in [6, 6.07) is 8.29. The molecule has 1 aliphatic heterocycles. The van der Waals surface area contributed by atoms with Crippen molar-refractivity contribution in [1.29, 1.82) is 0 Å². The van der Waals surface area contributed by atoms with Crippen LogP contribution in [0.1, 0.15) is 31.7 Å². The number of methoxy groups -OCH3 is 1. The average Bonchev–Trinajstić information content (AvgIpc) is 3.10. The number of ether oxygens (including phenoxy) is 1. The summed E-state index contributed by atoms with van der Waals surface area (Å²) >= 11 is 2.06. The zero-order valence-electron chi connectivity index (χ0n) is 14.3. The Kier molecular flexibility index (Phi) is 8.15. The fourth-order valence-corrected chi connectivity index (χ4v) is 3.83. The van der Waals surface area contributed by atoms with Gasteiger partial charge in [0.2, 0.25) is 0 Å². The third kappa shape index (κ3) is 6.73. The van der Waals surface area contributed by atoms with Crippen LogP contribution >= 0.6 is 11.8 Å². The quantitative estimate of drug-likeness (QED) is 0.435. The number of guanidine groups is 1. The molecule has 1 aromatic carbocycles. The number of aryl methyl sites for hydroxylation is 1. The van der Waals surface area contributed by atoms with E-state index in [1.54, 1.807) is 7.11 Å². The van der Waals surface area contributed by atoms with Crippen LogP contribution in [0.4, 0.5) is 0 Å². The zero-order chi connectivity index (χ0) is 16.3. The Hall–Kier alpha value is -1.36. The predicted molar refractivity (Wildman–Crippen MR) is 101 cm³/mol. The van der Waals surface area contributed by atoms with Crippen molar-refractivity contribution in [2.45, 2.75) is 37.9 Å². The topological polar surface area (TPSA) is 45.7 Å². The van der Waals surface area contributed by atoms with Gasteiger partial charge < -0.3 is 15.4 Å². The van der Waals surface area contributed by atoms with Crippen molar-refractivity contribution >= 4 is 17.7 Å². The lowest BCUT2D eigenvalue weighted by molar-refractivity contribution is 0.414. The minimum Gasteiger partial charge on any atom is -0.497 e. The molecule has 1 heterocycles. The van der Waals surface area contributed by atoms with E-state index in [-0.39, 0.29) is 0 Å². The number of hydrogen-bond acceptors (Lipinski definition) is 3. The molecule has 0 aliphatic carbocycles. The van der Waals surface area contributed by atoms with E-state index in [4.69, 9.17) is 9.73 Å². The minimum atomic E-state index is 0.710. The molecule has 0 bridgehead atoms. The van der Waals surface area contributed by atoms with Gasteiger partial charge in [-0.3, -0.25) is 4.99 Å². The van der Waals surface area contributed by atoms with Gasteiger partial charge in [-0.2, -0.15) is 11.8 Å². The maximum atomic E-state index is 5.27. The average molecular weight is 336 g/mol. The van der Waals surface area contributed by atoms with E-state index in [1.807, 2.05) is 12.1 Å². The Bertz CT molecular complexity index is 487. The predicted octanol–water partition coefficient (Wildman–Crippen LogP) is 3.08.